The Bertz CT molecular complexity index is 1400. The summed E-state index contributed by atoms with van der Waals surface area (Å²) in [5, 5.41) is 32.5. The van der Waals surface area contributed by atoms with Gasteiger partial charge in [-0.2, -0.15) is 0 Å². The average Bonchev–Trinajstić information content (AvgIpc) is 3.04. The SMILES string of the molecule is CN(C1=Nc2ccccc2CS1)C1CCN(CCCCOc2ccc(F)c(Cl)c2)CC1.O=C(O)/C=C/C(=O)O.O=C(O)/C=C/C(=O)O. The second-order valence-electron chi connectivity index (χ2n) is 10.1. The third kappa shape index (κ3) is 15.6. The second kappa shape index (κ2) is 20.7. The van der Waals surface area contributed by atoms with Gasteiger partial charge in [0.15, 0.2) is 5.17 Å². The topological polar surface area (TPSA) is 177 Å². The summed E-state index contributed by atoms with van der Waals surface area (Å²) in [4.78, 5) is 48.0. The van der Waals surface area contributed by atoms with Gasteiger partial charge in [0.25, 0.3) is 0 Å². The number of nitrogens with zero attached hydrogens (tertiary/aromatic N) is 3. The summed E-state index contributed by atoms with van der Waals surface area (Å²) >= 11 is 7.63. The minimum atomic E-state index is -1.26. The van der Waals surface area contributed by atoms with Crippen LogP contribution < -0.4 is 4.74 Å². The molecule has 2 aromatic carbocycles. The van der Waals surface area contributed by atoms with Crippen LogP contribution in [0.1, 0.15) is 31.2 Å². The van der Waals surface area contributed by atoms with Gasteiger partial charge in [0, 0.05) is 62.3 Å². The van der Waals surface area contributed by atoms with Crippen molar-refractivity contribution >= 4 is 58.1 Å². The second-order valence-corrected chi connectivity index (χ2v) is 11.5. The van der Waals surface area contributed by atoms with E-state index in [2.05, 4.69) is 41.1 Å². The molecule has 0 radical (unpaired) electrons. The number of ether oxygens (including phenoxy) is 1. The van der Waals surface area contributed by atoms with Gasteiger partial charge < -0.3 is 35.0 Å². The first-order valence-corrected chi connectivity index (χ1v) is 15.8. The number of para-hydroxylation sites is 1. The highest BCUT2D eigenvalue weighted by molar-refractivity contribution is 8.13. The maximum Gasteiger partial charge on any atom is 0.328 e. The molecule has 2 aliphatic heterocycles. The molecule has 0 amide bonds. The molecule has 4 rings (SSSR count). The van der Waals surface area contributed by atoms with E-state index in [-0.39, 0.29) is 5.02 Å². The summed E-state index contributed by atoms with van der Waals surface area (Å²) in [6, 6.07) is 13.5. The number of thioether (sulfide) groups is 1. The number of aliphatic carboxylic acids is 4. The van der Waals surface area contributed by atoms with E-state index in [4.69, 9.17) is 41.8 Å². The molecule has 15 heteroatoms. The first kappa shape index (κ1) is 38.8. The molecule has 0 atom stereocenters. The van der Waals surface area contributed by atoms with E-state index in [1.807, 2.05) is 11.8 Å². The molecule has 1 saturated heterocycles. The van der Waals surface area contributed by atoms with Crippen LogP contribution in [-0.4, -0.2) is 98.6 Å². The van der Waals surface area contributed by atoms with Gasteiger partial charge >= 0.3 is 23.9 Å². The van der Waals surface area contributed by atoms with Crippen LogP contribution in [0.5, 0.6) is 5.75 Å². The van der Waals surface area contributed by atoms with Crippen molar-refractivity contribution in [3.8, 4) is 5.75 Å². The fraction of sp³-hybridized carbons (Fsp3) is 0.344. The van der Waals surface area contributed by atoms with Crippen LogP contribution in [0.3, 0.4) is 0 Å². The molecular weight excluding hydrogens is 657 g/mol. The Labute approximate surface area is 280 Å². The van der Waals surface area contributed by atoms with Gasteiger partial charge in [-0.05, 0) is 56.0 Å². The van der Waals surface area contributed by atoms with Crippen LogP contribution in [0, 0.1) is 5.82 Å². The van der Waals surface area contributed by atoms with E-state index >= 15 is 0 Å². The first-order chi connectivity index (χ1) is 22.3. The number of carboxylic acids is 4. The maximum atomic E-state index is 13.2. The zero-order valence-corrected chi connectivity index (χ0v) is 27.2. The monoisotopic (exact) mass is 693 g/mol. The number of likely N-dealkylation sites (tertiary alicyclic amines) is 1. The highest BCUT2D eigenvalue weighted by Crippen LogP contribution is 2.33. The summed E-state index contributed by atoms with van der Waals surface area (Å²) in [6.45, 7) is 3.96. The lowest BCUT2D eigenvalue weighted by Gasteiger charge is -2.38. The predicted octanol–water partition coefficient (Wildman–Crippen LogP) is 5.39. The predicted molar refractivity (Wildman–Crippen MR) is 177 cm³/mol. The first-order valence-electron chi connectivity index (χ1n) is 14.5. The van der Waals surface area contributed by atoms with Crippen LogP contribution in [-0.2, 0) is 24.9 Å². The third-order valence-electron chi connectivity index (χ3n) is 6.74. The number of aliphatic imine (C=N–C) groups is 1. The van der Waals surface area contributed by atoms with Crippen LogP contribution >= 0.6 is 23.4 Å². The number of piperidine rings is 1. The number of hydrogen-bond donors (Lipinski definition) is 4. The lowest BCUT2D eigenvalue weighted by atomic mass is 10.0. The number of benzene rings is 2. The molecule has 0 aromatic heterocycles. The van der Waals surface area contributed by atoms with Crippen LogP contribution in [0.25, 0.3) is 0 Å². The molecule has 0 unspecified atom stereocenters. The summed E-state index contributed by atoms with van der Waals surface area (Å²) < 4.78 is 18.9. The number of carboxylic acid groups (broad SMARTS) is 4. The number of unbranched alkanes of at least 4 members (excludes halogenated alkanes) is 1. The van der Waals surface area contributed by atoms with Crippen LogP contribution in [0.4, 0.5) is 10.1 Å². The number of fused-ring (bicyclic) bond motifs is 1. The summed E-state index contributed by atoms with van der Waals surface area (Å²) in [5.74, 6) is -3.81. The van der Waals surface area contributed by atoms with Gasteiger partial charge in [0.2, 0.25) is 0 Å². The Morgan fingerprint density at radius 3 is 2.09 bits per heavy atom. The molecule has 0 saturated carbocycles. The van der Waals surface area contributed by atoms with Gasteiger partial charge in [-0.25, -0.2) is 28.6 Å². The Morgan fingerprint density at radius 1 is 0.957 bits per heavy atom. The molecule has 2 aliphatic rings. The highest BCUT2D eigenvalue weighted by Gasteiger charge is 2.26. The van der Waals surface area contributed by atoms with Crippen LogP contribution in [0.15, 0.2) is 71.8 Å². The minimum absolute atomic E-state index is 0.104. The van der Waals surface area contributed by atoms with Gasteiger partial charge in [-0.15, -0.1) is 0 Å². The van der Waals surface area contributed by atoms with Crippen LogP contribution in [0.2, 0.25) is 5.02 Å². The van der Waals surface area contributed by atoms with Gasteiger partial charge in [-0.3, -0.25) is 0 Å². The molecule has 2 aromatic rings. The van der Waals surface area contributed by atoms with E-state index in [0.717, 1.165) is 49.1 Å². The Morgan fingerprint density at radius 2 is 1.53 bits per heavy atom. The van der Waals surface area contributed by atoms with E-state index in [1.165, 1.54) is 30.5 Å². The number of carbonyl (C=O) groups is 4. The fourth-order valence-electron chi connectivity index (χ4n) is 4.37. The van der Waals surface area contributed by atoms with E-state index in [9.17, 15) is 23.6 Å². The molecule has 0 aliphatic carbocycles. The fourth-order valence-corrected chi connectivity index (χ4v) is 5.58. The Balaban J connectivity index is 0.000000397. The molecule has 47 heavy (non-hydrogen) atoms. The number of halogens is 2. The maximum absolute atomic E-state index is 13.2. The third-order valence-corrected chi connectivity index (χ3v) is 8.12. The van der Waals surface area contributed by atoms with Crippen molar-refractivity contribution in [3.63, 3.8) is 0 Å². The molecule has 1 fully saturated rings. The molecule has 2 heterocycles. The Kier molecular flexibility index (Phi) is 17.1. The lowest BCUT2D eigenvalue weighted by Crippen LogP contribution is -2.45. The molecule has 0 spiro atoms. The van der Waals surface area contributed by atoms with Crippen molar-refractivity contribution in [2.45, 2.75) is 37.5 Å². The summed E-state index contributed by atoms with van der Waals surface area (Å²) in [5.41, 5.74) is 2.44. The summed E-state index contributed by atoms with van der Waals surface area (Å²) in [7, 11) is 2.19. The highest BCUT2D eigenvalue weighted by atomic mass is 35.5. The minimum Gasteiger partial charge on any atom is -0.494 e. The van der Waals surface area contributed by atoms with Crippen molar-refractivity contribution < 1.29 is 48.7 Å². The van der Waals surface area contributed by atoms with Gasteiger partial charge in [-0.1, -0.05) is 41.6 Å². The van der Waals surface area contributed by atoms with Crippen molar-refractivity contribution in [3.05, 3.63) is 83.2 Å². The smallest absolute Gasteiger partial charge is 0.328 e. The van der Waals surface area contributed by atoms with Gasteiger partial charge in [0.05, 0.1) is 17.3 Å². The average molecular weight is 694 g/mol. The summed E-state index contributed by atoms with van der Waals surface area (Å²) in [6.07, 6.45) is 6.64. The van der Waals surface area contributed by atoms with Crippen molar-refractivity contribution in [1.29, 1.82) is 0 Å². The van der Waals surface area contributed by atoms with E-state index in [0.29, 0.717) is 42.7 Å². The van der Waals surface area contributed by atoms with Gasteiger partial charge in [0.1, 0.15) is 11.6 Å². The molecule has 0 bridgehead atoms. The zero-order chi connectivity index (χ0) is 34.8. The Hall–Kier alpha value is -4.40. The van der Waals surface area contributed by atoms with E-state index < -0.39 is 29.7 Å². The normalized spacial score (nSPS) is 14.6. The number of rotatable bonds is 11. The molecule has 254 valence electrons. The quantitative estimate of drug-likeness (QED) is 0.175. The number of amidine groups is 1. The van der Waals surface area contributed by atoms with Crippen molar-refractivity contribution in [2.24, 2.45) is 4.99 Å². The largest absolute Gasteiger partial charge is 0.494 e. The van der Waals surface area contributed by atoms with Crippen molar-refractivity contribution in [2.75, 3.05) is 33.3 Å². The molecule has 12 nitrogen and oxygen atoms in total. The van der Waals surface area contributed by atoms with Crippen molar-refractivity contribution in [1.82, 2.24) is 9.80 Å². The standard InChI is InChI=1S/C24H29ClFN3OS.2C4H4O4/c1-28(24-27-23-7-3-2-6-18(23)17-31-24)19-10-13-29(14-11-19)12-4-5-15-30-20-8-9-22(26)21(25)16-20;2*5-3(6)1-2-4(7)8/h2-3,6-9,16,19H,4-5,10-15,17H2,1H3;2*1-2H,(H,5,6)(H,7,8)/b;2*2-1+. The number of hydrogen-bond acceptors (Lipinski definition) is 9. The lowest BCUT2D eigenvalue weighted by molar-refractivity contribution is -0.134. The van der Waals surface area contributed by atoms with E-state index in [1.54, 1.807) is 6.07 Å². The zero-order valence-electron chi connectivity index (χ0n) is 25.6. The molecule has 4 N–H and O–H groups in total. The molecular formula is C32H37ClFN3O9S.